The molecule has 3 heterocycles. The molecule has 3 N–H and O–H groups in total. The van der Waals surface area contributed by atoms with E-state index >= 15 is 0 Å². The number of rotatable bonds is 10. The Morgan fingerprint density at radius 3 is 2.62 bits per heavy atom. The van der Waals surface area contributed by atoms with Crippen LogP contribution in [0.4, 0.5) is 11.6 Å². The van der Waals surface area contributed by atoms with Crippen molar-refractivity contribution in [2.24, 2.45) is 0 Å². The third-order valence-corrected chi connectivity index (χ3v) is 7.18. The molecule has 206 valence electrons. The number of ether oxygens (including phenoxy) is 1. The number of imidazole rings is 1. The third kappa shape index (κ3) is 7.07. The van der Waals surface area contributed by atoms with Crippen LogP contribution in [-0.4, -0.2) is 63.9 Å². The Morgan fingerprint density at radius 1 is 0.923 bits per heavy atom. The molecule has 1 saturated heterocycles. The summed E-state index contributed by atoms with van der Waals surface area (Å²) in [4.78, 5) is 12.0. The van der Waals surface area contributed by atoms with Crippen molar-refractivity contribution in [3.63, 3.8) is 0 Å². The van der Waals surface area contributed by atoms with Crippen molar-refractivity contribution in [2.75, 3.05) is 50.0 Å². The van der Waals surface area contributed by atoms with E-state index in [1.807, 2.05) is 13.0 Å². The lowest BCUT2D eigenvalue weighted by Crippen LogP contribution is -2.28. The maximum atomic E-state index is 10.5. The summed E-state index contributed by atoms with van der Waals surface area (Å²) in [5.41, 5.74) is 8.23. The number of fused-ring (bicyclic) bond motifs is 1. The molecule has 0 aliphatic carbocycles. The van der Waals surface area contributed by atoms with Crippen molar-refractivity contribution in [1.29, 1.82) is 0 Å². The van der Waals surface area contributed by atoms with Gasteiger partial charge in [0.15, 0.2) is 0 Å². The Kier molecular flexibility index (Phi) is 8.64. The van der Waals surface area contributed by atoms with Gasteiger partial charge in [0.25, 0.3) is 0 Å². The molecule has 0 saturated carbocycles. The van der Waals surface area contributed by atoms with Crippen molar-refractivity contribution in [2.45, 2.75) is 46.7 Å². The van der Waals surface area contributed by atoms with E-state index < -0.39 is 0 Å². The van der Waals surface area contributed by atoms with Crippen LogP contribution in [0.5, 0.6) is 5.75 Å². The van der Waals surface area contributed by atoms with Crippen molar-refractivity contribution in [3.8, 4) is 5.75 Å². The maximum absolute atomic E-state index is 10.5. The van der Waals surface area contributed by atoms with E-state index in [1.165, 1.54) is 16.7 Å². The van der Waals surface area contributed by atoms with Gasteiger partial charge in [0.05, 0.1) is 24.2 Å². The van der Waals surface area contributed by atoms with Crippen LogP contribution in [-0.2, 0) is 17.8 Å². The first-order valence-electron chi connectivity index (χ1n) is 14.0. The fourth-order valence-electron chi connectivity index (χ4n) is 5.25. The molecule has 1 aliphatic rings. The molecule has 0 atom stereocenters. The summed E-state index contributed by atoms with van der Waals surface area (Å²) in [5, 5.41) is 17.7. The topological polar surface area (TPSA) is 87.5 Å². The summed E-state index contributed by atoms with van der Waals surface area (Å²) in [5.74, 6) is 0.996. The van der Waals surface area contributed by atoms with Crippen LogP contribution in [0.3, 0.4) is 0 Å². The quantitative estimate of drug-likeness (QED) is 0.243. The standard InChI is InChI=1S/C31H40N6O2/c1-22-16-23(2)18-26(17-22)33-20-25-7-8-27-29(19-25)37(21-28-30(38)9-6-24(3)34-28)31(35-27)32-10-4-11-36-12-5-14-39-15-13-36/h6-9,16-19,33,38H,4-5,10-15,20-21H2,1-3H3,(H,32,35). The molecule has 39 heavy (non-hydrogen) atoms. The number of aromatic hydroxyl groups is 1. The molecule has 0 bridgehead atoms. The molecule has 1 aliphatic heterocycles. The van der Waals surface area contributed by atoms with Crippen LogP contribution < -0.4 is 10.6 Å². The highest BCUT2D eigenvalue weighted by Gasteiger charge is 2.15. The van der Waals surface area contributed by atoms with Crippen LogP contribution in [0.1, 0.15) is 40.9 Å². The Labute approximate surface area is 231 Å². The molecule has 0 radical (unpaired) electrons. The summed E-state index contributed by atoms with van der Waals surface area (Å²) in [6, 6.07) is 16.5. The Hall–Kier alpha value is -3.62. The maximum Gasteiger partial charge on any atom is 0.204 e. The smallest absolute Gasteiger partial charge is 0.204 e. The zero-order valence-corrected chi connectivity index (χ0v) is 23.3. The predicted octanol–water partition coefficient (Wildman–Crippen LogP) is 5.25. The minimum absolute atomic E-state index is 0.199. The molecule has 0 unspecified atom stereocenters. The first kappa shape index (κ1) is 27.0. The predicted molar refractivity (Wildman–Crippen MR) is 158 cm³/mol. The highest BCUT2D eigenvalue weighted by molar-refractivity contribution is 5.80. The van der Waals surface area contributed by atoms with Crippen molar-refractivity contribution in [3.05, 3.63) is 76.6 Å². The first-order chi connectivity index (χ1) is 18.9. The summed E-state index contributed by atoms with van der Waals surface area (Å²) < 4.78 is 7.72. The molecular formula is C31H40N6O2. The van der Waals surface area contributed by atoms with Gasteiger partial charge in [-0.15, -0.1) is 0 Å². The van der Waals surface area contributed by atoms with Crippen LogP contribution in [0, 0.1) is 20.8 Å². The van der Waals surface area contributed by atoms with Gasteiger partial charge in [-0.05, 0) is 93.2 Å². The first-order valence-corrected chi connectivity index (χ1v) is 14.0. The highest BCUT2D eigenvalue weighted by atomic mass is 16.5. The molecule has 1 fully saturated rings. The zero-order valence-electron chi connectivity index (χ0n) is 23.3. The number of aromatic nitrogens is 3. The second-order valence-electron chi connectivity index (χ2n) is 10.6. The number of hydrogen-bond acceptors (Lipinski definition) is 7. The van der Waals surface area contributed by atoms with E-state index in [-0.39, 0.29) is 5.75 Å². The van der Waals surface area contributed by atoms with Crippen molar-refractivity contribution < 1.29 is 9.84 Å². The van der Waals surface area contributed by atoms with Crippen LogP contribution in [0.15, 0.2) is 48.5 Å². The number of anilines is 2. The van der Waals surface area contributed by atoms with Gasteiger partial charge in [0, 0.05) is 44.2 Å². The SMILES string of the molecule is Cc1cc(C)cc(NCc2ccc3nc(NCCCN4CCCOCC4)n(Cc4nc(C)ccc4O)c3c2)c1. The summed E-state index contributed by atoms with van der Waals surface area (Å²) in [6.45, 7) is 12.9. The molecule has 8 heteroatoms. The van der Waals surface area contributed by atoms with E-state index in [9.17, 15) is 5.11 Å². The molecule has 2 aromatic carbocycles. The molecule has 0 spiro atoms. The second-order valence-corrected chi connectivity index (χ2v) is 10.6. The molecular weight excluding hydrogens is 488 g/mol. The molecule has 0 amide bonds. The van der Waals surface area contributed by atoms with Gasteiger partial charge >= 0.3 is 0 Å². The third-order valence-electron chi connectivity index (χ3n) is 7.18. The van der Waals surface area contributed by atoms with E-state index in [4.69, 9.17) is 9.72 Å². The van der Waals surface area contributed by atoms with Gasteiger partial charge in [-0.25, -0.2) is 4.98 Å². The zero-order chi connectivity index (χ0) is 27.2. The van der Waals surface area contributed by atoms with Crippen LogP contribution >= 0.6 is 0 Å². The lowest BCUT2D eigenvalue weighted by Gasteiger charge is -2.19. The van der Waals surface area contributed by atoms with E-state index in [2.05, 4.69) is 75.3 Å². The fourth-order valence-corrected chi connectivity index (χ4v) is 5.25. The van der Waals surface area contributed by atoms with E-state index in [0.717, 1.165) is 80.6 Å². The molecule has 5 rings (SSSR count). The van der Waals surface area contributed by atoms with Gasteiger partial charge in [0.2, 0.25) is 5.95 Å². The second kappa shape index (κ2) is 12.5. The number of hydrogen-bond donors (Lipinski definition) is 3. The minimum Gasteiger partial charge on any atom is -0.506 e. The Morgan fingerprint density at radius 2 is 1.77 bits per heavy atom. The lowest BCUT2D eigenvalue weighted by molar-refractivity contribution is 0.141. The normalized spacial score (nSPS) is 14.4. The van der Waals surface area contributed by atoms with Crippen molar-refractivity contribution >= 4 is 22.7 Å². The summed E-state index contributed by atoms with van der Waals surface area (Å²) in [6.07, 6.45) is 2.11. The minimum atomic E-state index is 0.199. The van der Waals surface area contributed by atoms with E-state index in [0.29, 0.717) is 18.8 Å². The molecule has 4 aromatic rings. The average Bonchev–Trinajstić information content (AvgIpc) is 3.05. The summed E-state index contributed by atoms with van der Waals surface area (Å²) in [7, 11) is 0. The number of benzene rings is 2. The number of pyridine rings is 1. The molecule has 2 aromatic heterocycles. The van der Waals surface area contributed by atoms with Gasteiger partial charge in [-0.1, -0.05) is 12.1 Å². The van der Waals surface area contributed by atoms with Gasteiger partial charge < -0.3 is 29.9 Å². The van der Waals surface area contributed by atoms with E-state index in [1.54, 1.807) is 6.07 Å². The Balaban J connectivity index is 1.36. The van der Waals surface area contributed by atoms with Gasteiger partial charge in [0.1, 0.15) is 11.4 Å². The fraction of sp³-hybridized carbons (Fsp3) is 0.419. The number of nitrogens with zero attached hydrogens (tertiary/aromatic N) is 4. The Bertz CT molecular complexity index is 1390. The monoisotopic (exact) mass is 528 g/mol. The van der Waals surface area contributed by atoms with Crippen LogP contribution in [0.2, 0.25) is 0 Å². The van der Waals surface area contributed by atoms with Crippen LogP contribution in [0.25, 0.3) is 11.0 Å². The van der Waals surface area contributed by atoms with Gasteiger partial charge in [-0.2, -0.15) is 0 Å². The van der Waals surface area contributed by atoms with Gasteiger partial charge in [-0.3, -0.25) is 4.98 Å². The lowest BCUT2D eigenvalue weighted by atomic mass is 10.1. The number of nitrogens with one attached hydrogen (secondary N) is 2. The average molecular weight is 529 g/mol. The highest BCUT2D eigenvalue weighted by Crippen LogP contribution is 2.26. The largest absolute Gasteiger partial charge is 0.506 e. The van der Waals surface area contributed by atoms with Crippen molar-refractivity contribution in [1.82, 2.24) is 19.4 Å². The number of aryl methyl sites for hydroxylation is 3. The summed E-state index contributed by atoms with van der Waals surface area (Å²) >= 11 is 0. The molecule has 8 nitrogen and oxygen atoms in total.